The topological polar surface area (TPSA) is 24.4 Å². The molecule has 0 aromatic heterocycles. The molecule has 1 aliphatic carbocycles. The van der Waals surface area contributed by atoms with Gasteiger partial charge in [0.15, 0.2) is 0 Å². The minimum atomic E-state index is 0.606. The average molecular weight is 208 g/mol. The summed E-state index contributed by atoms with van der Waals surface area (Å²) in [7, 11) is 0. The van der Waals surface area contributed by atoms with Crippen LogP contribution in [0.3, 0.4) is 0 Å². The van der Waals surface area contributed by atoms with Gasteiger partial charge < -0.3 is 5.32 Å². The maximum Gasteiger partial charge on any atom is 0.0963 e. The van der Waals surface area contributed by atoms with Gasteiger partial charge >= 0.3 is 0 Å². The van der Waals surface area contributed by atoms with Crippen molar-refractivity contribution in [3.05, 3.63) is 0 Å². The summed E-state index contributed by atoms with van der Waals surface area (Å²) in [4.78, 5) is 4.62. The van der Waals surface area contributed by atoms with Crippen molar-refractivity contribution >= 4 is 5.84 Å². The van der Waals surface area contributed by atoms with Gasteiger partial charge in [0.1, 0.15) is 0 Å². The fourth-order valence-corrected chi connectivity index (χ4v) is 2.42. The molecule has 2 nitrogen and oxygen atoms in total. The number of hydrogen-bond acceptors (Lipinski definition) is 2. The molecule has 0 amide bonds. The third-order valence-electron chi connectivity index (χ3n) is 4.14. The van der Waals surface area contributed by atoms with Gasteiger partial charge in [0.2, 0.25) is 0 Å². The van der Waals surface area contributed by atoms with Gasteiger partial charge in [-0.05, 0) is 37.0 Å². The van der Waals surface area contributed by atoms with Crippen LogP contribution in [0.4, 0.5) is 0 Å². The second-order valence-corrected chi connectivity index (χ2v) is 5.51. The number of aliphatic imine (C=N–C) groups is 1. The van der Waals surface area contributed by atoms with E-state index >= 15 is 0 Å². The zero-order chi connectivity index (χ0) is 10.7. The summed E-state index contributed by atoms with van der Waals surface area (Å²) < 4.78 is 0. The van der Waals surface area contributed by atoms with E-state index in [-0.39, 0.29) is 0 Å². The van der Waals surface area contributed by atoms with E-state index in [2.05, 4.69) is 24.2 Å². The Morgan fingerprint density at radius 2 is 2.07 bits per heavy atom. The van der Waals surface area contributed by atoms with Crippen molar-refractivity contribution < 1.29 is 0 Å². The first-order chi connectivity index (χ1) is 7.23. The van der Waals surface area contributed by atoms with E-state index in [9.17, 15) is 0 Å². The summed E-state index contributed by atoms with van der Waals surface area (Å²) in [5.74, 6) is 2.09. The monoisotopic (exact) mass is 208 g/mol. The molecule has 2 aliphatic rings. The van der Waals surface area contributed by atoms with Crippen molar-refractivity contribution in [1.82, 2.24) is 5.32 Å². The molecule has 1 aliphatic heterocycles. The Bertz CT molecular complexity index is 239. The summed E-state index contributed by atoms with van der Waals surface area (Å²) in [6, 6.07) is 0. The van der Waals surface area contributed by atoms with Crippen LogP contribution in [-0.2, 0) is 0 Å². The summed E-state index contributed by atoms with van der Waals surface area (Å²) >= 11 is 0. The van der Waals surface area contributed by atoms with Gasteiger partial charge in [-0.3, -0.25) is 4.99 Å². The minimum absolute atomic E-state index is 0.606. The van der Waals surface area contributed by atoms with Gasteiger partial charge in [0.25, 0.3) is 0 Å². The van der Waals surface area contributed by atoms with E-state index in [0.717, 1.165) is 19.0 Å². The Balaban J connectivity index is 1.79. The lowest BCUT2D eigenvalue weighted by molar-refractivity contribution is 0.356. The van der Waals surface area contributed by atoms with Crippen LogP contribution in [0.25, 0.3) is 0 Å². The number of nitrogens with zero attached hydrogens (tertiary/aromatic N) is 1. The standard InChI is InChI=1S/C13H24N2/c1-11(2)13(7-8-13)10-15-12-6-4-3-5-9-14-12/h11H,3-10H2,1-2H3,(H,14,15). The molecule has 0 radical (unpaired) electrons. The average Bonchev–Trinajstić information content (AvgIpc) is 3.01. The molecule has 0 aromatic rings. The van der Waals surface area contributed by atoms with E-state index in [1.807, 2.05) is 0 Å². The van der Waals surface area contributed by atoms with E-state index in [1.54, 1.807) is 0 Å². The number of hydrogen-bond donors (Lipinski definition) is 1. The summed E-state index contributed by atoms with van der Waals surface area (Å²) in [6.45, 7) is 6.90. The van der Waals surface area contributed by atoms with Crippen LogP contribution in [0.1, 0.15) is 52.4 Å². The molecule has 1 fully saturated rings. The first kappa shape index (κ1) is 11.0. The van der Waals surface area contributed by atoms with Crippen molar-refractivity contribution in [2.24, 2.45) is 16.3 Å². The fraction of sp³-hybridized carbons (Fsp3) is 0.923. The molecule has 1 heterocycles. The largest absolute Gasteiger partial charge is 0.373 e. The molecule has 86 valence electrons. The van der Waals surface area contributed by atoms with Crippen LogP contribution < -0.4 is 5.32 Å². The van der Waals surface area contributed by atoms with Gasteiger partial charge in [0, 0.05) is 19.5 Å². The molecule has 1 N–H and O–H groups in total. The molecular formula is C13H24N2. The SMILES string of the molecule is CC(C)C1(CNC2=NCCCCC2)CC1. The third-order valence-corrected chi connectivity index (χ3v) is 4.14. The Hall–Kier alpha value is -0.530. The van der Waals surface area contributed by atoms with Crippen molar-refractivity contribution in [2.75, 3.05) is 13.1 Å². The maximum atomic E-state index is 4.62. The molecule has 2 rings (SSSR count). The van der Waals surface area contributed by atoms with Crippen LogP contribution in [0.2, 0.25) is 0 Å². The summed E-state index contributed by atoms with van der Waals surface area (Å²) in [5.41, 5.74) is 0.606. The van der Waals surface area contributed by atoms with Gasteiger partial charge in [0.05, 0.1) is 5.84 Å². The zero-order valence-electron chi connectivity index (χ0n) is 10.2. The van der Waals surface area contributed by atoms with E-state index in [4.69, 9.17) is 0 Å². The first-order valence-corrected chi connectivity index (χ1v) is 6.50. The van der Waals surface area contributed by atoms with Gasteiger partial charge in [-0.15, -0.1) is 0 Å². The lowest BCUT2D eigenvalue weighted by Crippen LogP contribution is -2.32. The highest BCUT2D eigenvalue weighted by Gasteiger charge is 2.45. The van der Waals surface area contributed by atoms with Gasteiger partial charge in [-0.2, -0.15) is 0 Å². The van der Waals surface area contributed by atoms with Crippen LogP contribution in [-0.4, -0.2) is 18.9 Å². The van der Waals surface area contributed by atoms with Crippen LogP contribution in [0.15, 0.2) is 4.99 Å². The second kappa shape index (κ2) is 4.54. The molecule has 0 atom stereocenters. The highest BCUT2D eigenvalue weighted by atomic mass is 15.0. The maximum absolute atomic E-state index is 4.62. The molecule has 15 heavy (non-hydrogen) atoms. The Morgan fingerprint density at radius 1 is 1.27 bits per heavy atom. The molecule has 0 bridgehead atoms. The Morgan fingerprint density at radius 3 is 2.73 bits per heavy atom. The molecule has 0 saturated heterocycles. The molecule has 1 saturated carbocycles. The van der Waals surface area contributed by atoms with Crippen molar-refractivity contribution in [1.29, 1.82) is 0 Å². The normalized spacial score (nSPS) is 24.6. The van der Waals surface area contributed by atoms with Crippen molar-refractivity contribution in [2.45, 2.75) is 52.4 Å². The van der Waals surface area contributed by atoms with Gasteiger partial charge in [-0.1, -0.05) is 20.3 Å². The van der Waals surface area contributed by atoms with Crippen LogP contribution >= 0.6 is 0 Å². The second-order valence-electron chi connectivity index (χ2n) is 5.51. The molecule has 0 unspecified atom stereocenters. The predicted molar refractivity (Wildman–Crippen MR) is 65.3 cm³/mol. The van der Waals surface area contributed by atoms with Gasteiger partial charge in [-0.25, -0.2) is 0 Å². The smallest absolute Gasteiger partial charge is 0.0963 e. The first-order valence-electron chi connectivity index (χ1n) is 6.50. The quantitative estimate of drug-likeness (QED) is 0.757. The molecule has 0 aromatic carbocycles. The summed E-state index contributed by atoms with van der Waals surface area (Å²) in [6.07, 6.45) is 7.94. The van der Waals surface area contributed by atoms with E-state index in [0.29, 0.717) is 5.41 Å². The zero-order valence-corrected chi connectivity index (χ0v) is 10.2. The molecular weight excluding hydrogens is 184 g/mol. The van der Waals surface area contributed by atoms with E-state index in [1.165, 1.54) is 44.4 Å². The predicted octanol–water partition coefficient (Wildman–Crippen LogP) is 2.98. The number of amidine groups is 1. The Kier molecular flexibility index (Phi) is 3.32. The fourth-order valence-electron chi connectivity index (χ4n) is 2.42. The van der Waals surface area contributed by atoms with Crippen LogP contribution in [0, 0.1) is 11.3 Å². The van der Waals surface area contributed by atoms with Crippen LogP contribution in [0.5, 0.6) is 0 Å². The third kappa shape index (κ3) is 2.73. The lowest BCUT2D eigenvalue weighted by atomic mass is 9.92. The summed E-state index contributed by atoms with van der Waals surface area (Å²) in [5, 5.41) is 3.60. The number of rotatable bonds is 3. The van der Waals surface area contributed by atoms with Crippen molar-refractivity contribution in [3.63, 3.8) is 0 Å². The van der Waals surface area contributed by atoms with Crippen molar-refractivity contribution in [3.8, 4) is 0 Å². The highest BCUT2D eigenvalue weighted by molar-refractivity contribution is 5.82. The Labute approximate surface area is 93.6 Å². The minimum Gasteiger partial charge on any atom is -0.373 e. The molecule has 0 spiro atoms. The molecule has 2 heteroatoms. The number of nitrogens with one attached hydrogen (secondary N) is 1. The lowest BCUT2D eigenvalue weighted by Gasteiger charge is -2.21. The highest BCUT2D eigenvalue weighted by Crippen LogP contribution is 2.51. The van der Waals surface area contributed by atoms with E-state index < -0.39 is 0 Å².